The van der Waals surface area contributed by atoms with Crippen LogP contribution < -0.4 is 16.0 Å². The summed E-state index contributed by atoms with van der Waals surface area (Å²) < 4.78 is 13.5. The predicted octanol–water partition coefficient (Wildman–Crippen LogP) is 1.81. The molecule has 0 saturated heterocycles. The molecular formula is C19H18FN5O3. The number of aromatic nitrogens is 2. The lowest BCUT2D eigenvalue weighted by Crippen LogP contribution is -2.27. The zero-order chi connectivity index (χ0) is 20.3. The zero-order valence-electron chi connectivity index (χ0n) is 15.2. The van der Waals surface area contributed by atoms with Crippen LogP contribution in [0.2, 0.25) is 0 Å². The van der Waals surface area contributed by atoms with Gasteiger partial charge in [-0.1, -0.05) is 6.07 Å². The molecule has 0 radical (unpaired) electrons. The SMILES string of the molecule is CNC(=O)c1cc(F)ccc1CNC(=O)c1nc(NC)c2cccnc2c1O. The van der Waals surface area contributed by atoms with Crippen molar-refractivity contribution in [3.05, 3.63) is 59.2 Å². The number of rotatable bonds is 5. The molecule has 2 aromatic heterocycles. The number of carbonyl (C=O) groups is 2. The molecule has 3 aromatic rings. The summed E-state index contributed by atoms with van der Waals surface area (Å²) in [4.78, 5) is 32.8. The van der Waals surface area contributed by atoms with Crippen molar-refractivity contribution in [2.24, 2.45) is 0 Å². The summed E-state index contributed by atoms with van der Waals surface area (Å²) in [6.07, 6.45) is 1.50. The molecule has 0 unspecified atom stereocenters. The van der Waals surface area contributed by atoms with Gasteiger partial charge >= 0.3 is 0 Å². The van der Waals surface area contributed by atoms with Gasteiger partial charge in [-0.2, -0.15) is 0 Å². The molecule has 0 fully saturated rings. The van der Waals surface area contributed by atoms with E-state index in [9.17, 15) is 19.1 Å². The number of hydrogen-bond acceptors (Lipinski definition) is 6. The minimum Gasteiger partial charge on any atom is -0.504 e. The van der Waals surface area contributed by atoms with Crippen LogP contribution >= 0.6 is 0 Å². The van der Waals surface area contributed by atoms with Gasteiger partial charge in [-0.15, -0.1) is 0 Å². The van der Waals surface area contributed by atoms with Crippen molar-refractivity contribution in [1.29, 1.82) is 0 Å². The summed E-state index contributed by atoms with van der Waals surface area (Å²) in [5.74, 6) is -1.66. The van der Waals surface area contributed by atoms with Gasteiger partial charge in [0.15, 0.2) is 11.4 Å². The molecule has 0 atom stereocenters. The number of hydrogen-bond donors (Lipinski definition) is 4. The van der Waals surface area contributed by atoms with Crippen molar-refractivity contribution < 1.29 is 19.1 Å². The first-order chi connectivity index (χ1) is 13.5. The number of nitrogens with zero attached hydrogens (tertiary/aromatic N) is 2. The highest BCUT2D eigenvalue weighted by Crippen LogP contribution is 2.30. The second-order valence-electron chi connectivity index (χ2n) is 5.87. The molecule has 0 saturated carbocycles. The van der Waals surface area contributed by atoms with Crippen LogP contribution in [0.1, 0.15) is 26.4 Å². The van der Waals surface area contributed by atoms with Gasteiger partial charge in [-0.25, -0.2) is 9.37 Å². The average molecular weight is 383 g/mol. The molecule has 0 aliphatic rings. The first-order valence-electron chi connectivity index (χ1n) is 8.40. The summed E-state index contributed by atoms with van der Waals surface area (Å²) in [5, 5.41) is 18.9. The third-order valence-corrected chi connectivity index (χ3v) is 4.17. The Bertz CT molecular complexity index is 1070. The minimum absolute atomic E-state index is 0.0574. The van der Waals surface area contributed by atoms with Crippen molar-refractivity contribution in [2.45, 2.75) is 6.54 Å². The van der Waals surface area contributed by atoms with Crippen LogP contribution in [-0.4, -0.2) is 41.0 Å². The highest BCUT2D eigenvalue weighted by molar-refractivity contribution is 6.03. The van der Waals surface area contributed by atoms with E-state index in [2.05, 4.69) is 25.9 Å². The Morgan fingerprint density at radius 2 is 1.96 bits per heavy atom. The predicted molar refractivity (Wildman–Crippen MR) is 102 cm³/mol. The molecule has 2 amide bonds. The Kier molecular flexibility index (Phi) is 5.35. The Balaban J connectivity index is 1.91. The quantitative estimate of drug-likeness (QED) is 0.534. The van der Waals surface area contributed by atoms with Crippen LogP contribution in [0.25, 0.3) is 10.9 Å². The van der Waals surface area contributed by atoms with Crippen molar-refractivity contribution in [3.8, 4) is 5.75 Å². The Morgan fingerprint density at radius 1 is 1.18 bits per heavy atom. The van der Waals surface area contributed by atoms with E-state index >= 15 is 0 Å². The number of amides is 2. The molecule has 144 valence electrons. The highest BCUT2D eigenvalue weighted by atomic mass is 19.1. The zero-order valence-corrected chi connectivity index (χ0v) is 15.2. The number of pyridine rings is 2. The second kappa shape index (κ2) is 7.87. The van der Waals surface area contributed by atoms with Crippen LogP contribution in [-0.2, 0) is 6.54 Å². The van der Waals surface area contributed by atoms with Gasteiger partial charge in [0, 0.05) is 37.8 Å². The van der Waals surface area contributed by atoms with E-state index in [1.165, 1.54) is 25.4 Å². The lowest BCUT2D eigenvalue weighted by molar-refractivity contribution is 0.0934. The monoisotopic (exact) mass is 383 g/mol. The van der Waals surface area contributed by atoms with E-state index in [1.807, 2.05) is 0 Å². The van der Waals surface area contributed by atoms with E-state index < -0.39 is 17.6 Å². The van der Waals surface area contributed by atoms with Gasteiger partial charge in [-0.3, -0.25) is 14.6 Å². The van der Waals surface area contributed by atoms with E-state index in [0.717, 1.165) is 6.07 Å². The van der Waals surface area contributed by atoms with E-state index in [1.54, 1.807) is 19.2 Å². The standard InChI is InChI=1S/C19H18FN5O3/c1-21-17-12-4-3-7-23-14(12)16(26)15(25-17)19(28)24-9-10-5-6-11(20)8-13(10)18(27)22-2/h3-8,26H,9H2,1-2H3,(H,21,25)(H,22,27)(H,24,28). The van der Waals surface area contributed by atoms with Crippen molar-refractivity contribution >= 4 is 28.5 Å². The fraction of sp³-hybridized carbons (Fsp3) is 0.158. The first-order valence-corrected chi connectivity index (χ1v) is 8.40. The van der Waals surface area contributed by atoms with Crippen molar-refractivity contribution in [3.63, 3.8) is 0 Å². The largest absolute Gasteiger partial charge is 0.504 e. The summed E-state index contributed by atoms with van der Waals surface area (Å²) in [5.41, 5.74) is 0.552. The van der Waals surface area contributed by atoms with Gasteiger partial charge in [0.25, 0.3) is 11.8 Å². The maximum Gasteiger partial charge on any atom is 0.274 e. The van der Waals surface area contributed by atoms with Gasteiger partial charge in [-0.05, 0) is 29.8 Å². The maximum atomic E-state index is 13.5. The van der Waals surface area contributed by atoms with Crippen LogP contribution in [0.15, 0.2) is 36.5 Å². The van der Waals surface area contributed by atoms with E-state index in [4.69, 9.17) is 0 Å². The molecule has 9 heteroatoms. The van der Waals surface area contributed by atoms with Crippen LogP contribution in [0.3, 0.4) is 0 Å². The number of halogens is 1. The van der Waals surface area contributed by atoms with Gasteiger partial charge in [0.2, 0.25) is 0 Å². The Labute approximate surface area is 159 Å². The molecule has 4 N–H and O–H groups in total. The molecule has 8 nitrogen and oxygen atoms in total. The summed E-state index contributed by atoms with van der Waals surface area (Å²) in [6.45, 7) is -0.0574. The number of nitrogens with one attached hydrogen (secondary N) is 3. The maximum absolute atomic E-state index is 13.5. The number of carbonyl (C=O) groups excluding carboxylic acids is 2. The molecule has 28 heavy (non-hydrogen) atoms. The molecule has 0 aliphatic heterocycles. The topological polar surface area (TPSA) is 116 Å². The van der Waals surface area contributed by atoms with Crippen molar-refractivity contribution in [1.82, 2.24) is 20.6 Å². The van der Waals surface area contributed by atoms with Gasteiger partial charge in [0.1, 0.15) is 17.2 Å². The fourth-order valence-electron chi connectivity index (χ4n) is 2.78. The number of fused-ring (bicyclic) bond motifs is 1. The Morgan fingerprint density at radius 3 is 2.68 bits per heavy atom. The summed E-state index contributed by atoms with van der Waals surface area (Å²) >= 11 is 0. The second-order valence-corrected chi connectivity index (χ2v) is 5.87. The summed E-state index contributed by atoms with van der Waals surface area (Å²) in [6, 6.07) is 7.11. The smallest absolute Gasteiger partial charge is 0.274 e. The third kappa shape index (κ3) is 3.54. The van der Waals surface area contributed by atoms with Gasteiger partial charge in [0.05, 0.1) is 0 Å². The molecule has 0 bridgehead atoms. The first kappa shape index (κ1) is 19.0. The number of benzene rings is 1. The fourth-order valence-corrected chi connectivity index (χ4v) is 2.78. The average Bonchev–Trinajstić information content (AvgIpc) is 2.72. The molecule has 1 aromatic carbocycles. The summed E-state index contributed by atoms with van der Waals surface area (Å²) in [7, 11) is 3.07. The van der Waals surface area contributed by atoms with Crippen molar-refractivity contribution in [2.75, 3.05) is 19.4 Å². The van der Waals surface area contributed by atoms with Crippen LogP contribution in [0.5, 0.6) is 5.75 Å². The molecule has 2 heterocycles. The lowest BCUT2D eigenvalue weighted by Gasteiger charge is -2.12. The minimum atomic E-state index is -0.659. The number of aromatic hydroxyl groups is 1. The lowest BCUT2D eigenvalue weighted by atomic mass is 10.1. The molecular weight excluding hydrogens is 365 g/mol. The number of anilines is 1. The van der Waals surface area contributed by atoms with Crippen LogP contribution in [0, 0.1) is 5.82 Å². The van der Waals surface area contributed by atoms with E-state index in [0.29, 0.717) is 16.8 Å². The normalized spacial score (nSPS) is 10.5. The van der Waals surface area contributed by atoms with Gasteiger partial charge < -0.3 is 21.1 Å². The third-order valence-electron chi connectivity index (χ3n) is 4.17. The molecule has 0 aliphatic carbocycles. The highest BCUT2D eigenvalue weighted by Gasteiger charge is 2.20. The van der Waals surface area contributed by atoms with Crippen LogP contribution in [0.4, 0.5) is 10.2 Å². The molecule has 3 rings (SSSR count). The Hall–Kier alpha value is -3.75. The van der Waals surface area contributed by atoms with E-state index in [-0.39, 0.29) is 29.1 Å². The molecule has 0 spiro atoms.